The molecule has 2 atom stereocenters. The average molecular weight is 393 g/mol. The lowest BCUT2D eigenvalue weighted by Gasteiger charge is -2.35. The predicted octanol–water partition coefficient (Wildman–Crippen LogP) is 5.84. The third-order valence-corrected chi connectivity index (χ3v) is 5.91. The smallest absolute Gasteiger partial charge is 0.310 e. The Morgan fingerprint density at radius 3 is 2.04 bits per heavy atom. The standard InChI is InChI=1S/C22H32O3.H2OP/c1-5-6-7-10-18(21(24)25)22(11-8-9-12-22)20(23)19-16(3)13-15(2)14-17(19)4;1-2/h13-14,18H,5-12H2,1-4H3,(H,24,25);2H2/q;+1. The van der Waals surface area contributed by atoms with Crippen molar-refractivity contribution in [3.8, 4) is 0 Å². The first kappa shape index (κ1) is 23.5. The van der Waals surface area contributed by atoms with E-state index in [2.05, 4.69) is 6.92 Å². The number of aliphatic carboxylic acids is 1. The molecule has 0 bridgehead atoms. The maximum absolute atomic E-state index is 13.6. The van der Waals surface area contributed by atoms with Crippen molar-refractivity contribution >= 4 is 20.9 Å². The molecule has 27 heavy (non-hydrogen) atoms. The second-order valence-corrected chi connectivity index (χ2v) is 7.85. The minimum absolute atomic E-state index is 0.0731. The van der Waals surface area contributed by atoms with E-state index < -0.39 is 17.3 Å². The van der Waals surface area contributed by atoms with Crippen LogP contribution in [0.1, 0.15) is 85.3 Å². The van der Waals surface area contributed by atoms with E-state index in [-0.39, 0.29) is 5.78 Å². The van der Waals surface area contributed by atoms with E-state index >= 15 is 0 Å². The van der Waals surface area contributed by atoms with Crippen molar-refractivity contribution < 1.29 is 19.3 Å². The molecule has 150 valence electrons. The van der Waals surface area contributed by atoms with Crippen LogP contribution < -0.4 is 0 Å². The number of unbranched alkanes of at least 4 members (excludes halogenated alkanes) is 2. The van der Waals surface area contributed by atoms with Gasteiger partial charge in [0.25, 0.3) is 0 Å². The minimum atomic E-state index is -0.797. The van der Waals surface area contributed by atoms with Crippen LogP contribution >= 0.6 is 9.12 Å². The van der Waals surface area contributed by atoms with E-state index in [1.165, 1.54) is 9.12 Å². The van der Waals surface area contributed by atoms with Gasteiger partial charge < -0.3 is 5.11 Å². The van der Waals surface area contributed by atoms with Crippen LogP contribution in [0.15, 0.2) is 12.1 Å². The van der Waals surface area contributed by atoms with Crippen molar-refractivity contribution in [2.45, 2.75) is 79.1 Å². The third kappa shape index (κ3) is 5.25. The fourth-order valence-corrected chi connectivity index (χ4v) is 4.76. The van der Waals surface area contributed by atoms with E-state index in [0.717, 1.165) is 54.4 Å². The molecule has 1 aromatic rings. The van der Waals surface area contributed by atoms with Crippen molar-refractivity contribution in [3.05, 3.63) is 34.4 Å². The number of carbonyl (C=O) groups is 2. The van der Waals surface area contributed by atoms with Crippen LogP contribution in [0.5, 0.6) is 0 Å². The van der Waals surface area contributed by atoms with Crippen LogP contribution in [0.4, 0.5) is 0 Å². The van der Waals surface area contributed by atoms with Crippen molar-refractivity contribution in [2.24, 2.45) is 11.3 Å². The summed E-state index contributed by atoms with van der Waals surface area (Å²) in [5.41, 5.74) is 3.14. The molecule has 1 aliphatic rings. The molecule has 2 unspecified atom stereocenters. The van der Waals surface area contributed by atoms with Crippen molar-refractivity contribution in [2.75, 3.05) is 0 Å². The number of ketones is 1. The maximum atomic E-state index is 13.6. The first-order chi connectivity index (χ1) is 12.8. The van der Waals surface area contributed by atoms with Crippen LogP contribution in [0.2, 0.25) is 0 Å². The minimum Gasteiger partial charge on any atom is -0.481 e. The van der Waals surface area contributed by atoms with Crippen molar-refractivity contribution in [1.29, 1.82) is 0 Å². The number of benzene rings is 1. The van der Waals surface area contributed by atoms with Gasteiger partial charge in [0.1, 0.15) is 0 Å². The molecule has 0 spiro atoms. The Morgan fingerprint density at radius 1 is 1.07 bits per heavy atom. The van der Waals surface area contributed by atoms with Gasteiger partial charge in [0.15, 0.2) is 5.78 Å². The van der Waals surface area contributed by atoms with Gasteiger partial charge in [0.2, 0.25) is 0 Å². The maximum Gasteiger partial charge on any atom is 0.310 e. The van der Waals surface area contributed by atoms with Gasteiger partial charge in [-0.15, -0.1) is 0 Å². The van der Waals surface area contributed by atoms with E-state index in [9.17, 15) is 14.7 Å². The second-order valence-electron chi connectivity index (χ2n) is 7.85. The summed E-state index contributed by atoms with van der Waals surface area (Å²) in [5, 5.41) is 9.92. The fraction of sp³-hybridized carbons (Fsp3) is 0.636. The third-order valence-electron chi connectivity index (χ3n) is 5.91. The fourth-order valence-electron chi connectivity index (χ4n) is 4.76. The average Bonchev–Trinajstić information content (AvgIpc) is 3.10. The van der Waals surface area contributed by atoms with Crippen LogP contribution in [0, 0.1) is 32.1 Å². The molecule has 2 rings (SSSR count). The molecule has 0 aromatic heterocycles. The number of carboxylic acids is 1. The predicted molar refractivity (Wildman–Crippen MR) is 112 cm³/mol. The first-order valence-corrected chi connectivity index (χ1v) is 10.4. The summed E-state index contributed by atoms with van der Waals surface area (Å²) in [5.74, 6) is -1.29. The highest BCUT2D eigenvalue weighted by atomic mass is 31.0. The van der Waals surface area contributed by atoms with Crippen LogP contribution in [0.3, 0.4) is 0 Å². The Kier molecular flexibility index (Phi) is 9.32. The van der Waals surface area contributed by atoms with Crippen LogP contribution in [-0.2, 0) is 9.36 Å². The summed E-state index contributed by atoms with van der Waals surface area (Å²) >= 11 is 0. The first-order valence-electron chi connectivity index (χ1n) is 9.92. The van der Waals surface area contributed by atoms with E-state index in [0.29, 0.717) is 19.3 Å². The van der Waals surface area contributed by atoms with Gasteiger partial charge in [-0.05, 0) is 51.2 Å². The van der Waals surface area contributed by atoms with Gasteiger partial charge in [-0.3, -0.25) is 9.59 Å². The quantitative estimate of drug-likeness (QED) is 0.342. The molecule has 0 aliphatic heterocycles. The molecule has 5 heteroatoms. The Labute approximate surface area is 165 Å². The number of carbonyl (C=O) groups excluding carboxylic acids is 1. The summed E-state index contributed by atoms with van der Waals surface area (Å²) in [4.78, 5) is 25.7. The molecule has 0 radical (unpaired) electrons. The molecule has 1 N–H and O–H groups in total. The molecule has 1 aromatic carbocycles. The molecule has 0 heterocycles. The number of Topliss-reactive ketones (excluding diaryl/α,β-unsaturated/α-hetero) is 1. The molecular weight excluding hydrogens is 359 g/mol. The number of hydrogen-bond donors (Lipinski definition) is 1. The number of carboxylic acid groups (broad SMARTS) is 1. The summed E-state index contributed by atoms with van der Waals surface area (Å²) in [6.45, 7) is 8.10. The second kappa shape index (κ2) is 10.7. The van der Waals surface area contributed by atoms with E-state index in [4.69, 9.17) is 4.57 Å². The van der Waals surface area contributed by atoms with Crippen LogP contribution in [0.25, 0.3) is 0 Å². The van der Waals surface area contributed by atoms with E-state index in [1.54, 1.807) is 0 Å². The normalized spacial score (nSPS) is 16.3. The highest BCUT2D eigenvalue weighted by Crippen LogP contribution is 2.49. The largest absolute Gasteiger partial charge is 0.481 e. The van der Waals surface area contributed by atoms with Gasteiger partial charge in [0.05, 0.1) is 5.92 Å². The monoisotopic (exact) mass is 393 g/mol. The van der Waals surface area contributed by atoms with Gasteiger partial charge >= 0.3 is 15.1 Å². The summed E-state index contributed by atoms with van der Waals surface area (Å²) < 4.78 is 8.17. The molecule has 4 nitrogen and oxygen atoms in total. The number of aryl methyl sites for hydroxylation is 3. The molecule has 1 aliphatic carbocycles. The SMILES string of the molecule is CCCCCC(C(=O)O)C1(C(=O)c2c(C)cc(C)cc2C)CCCC1.O=[PH2+]. The van der Waals surface area contributed by atoms with Gasteiger partial charge in [-0.25, -0.2) is 0 Å². The highest BCUT2D eigenvalue weighted by Gasteiger charge is 2.50. The molecule has 1 saturated carbocycles. The Hall–Kier alpha value is -1.54. The van der Waals surface area contributed by atoms with Crippen molar-refractivity contribution in [1.82, 2.24) is 0 Å². The lowest BCUT2D eigenvalue weighted by molar-refractivity contribution is -0.146. The Balaban J connectivity index is 0.00000176. The van der Waals surface area contributed by atoms with Gasteiger partial charge in [-0.2, -0.15) is 0 Å². The van der Waals surface area contributed by atoms with Gasteiger partial charge in [-0.1, -0.05) is 61.3 Å². The molecule has 1 fully saturated rings. The Morgan fingerprint density at radius 2 is 1.59 bits per heavy atom. The number of hydrogen-bond acceptors (Lipinski definition) is 3. The van der Waals surface area contributed by atoms with E-state index in [1.807, 2.05) is 32.9 Å². The number of rotatable bonds is 8. The van der Waals surface area contributed by atoms with Crippen molar-refractivity contribution in [3.63, 3.8) is 0 Å². The molecule has 0 amide bonds. The zero-order valence-electron chi connectivity index (χ0n) is 17.1. The Bertz CT molecular complexity index is 639. The molecular formula is C22H34O4P+. The topological polar surface area (TPSA) is 71.4 Å². The summed E-state index contributed by atoms with van der Waals surface area (Å²) in [6.07, 6.45) is 6.90. The van der Waals surface area contributed by atoms with Gasteiger partial charge in [0, 0.05) is 11.0 Å². The summed E-state index contributed by atoms with van der Waals surface area (Å²) in [6, 6.07) is 4.07. The highest BCUT2D eigenvalue weighted by molar-refractivity contribution is 7.00. The van der Waals surface area contributed by atoms with Crippen LogP contribution in [-0.4, -0.2) is 16.9 Å². The lowest BCUT2D eigenvalue weighted by Crippen LogP contribution is -2.41. The zero-order chi connectivity index (χ0) is 20.6. The summed E-state index contributed by atoms with van der Waals surface area (Å²) in [7, 11) is 1.17. The lowest BCUT2D eigenvalue weighted by atomic mass is 9.66. The molecule has 0 saturated heterocycles. The zero-order valence-corrected chi connectivity index (χ0v) is 18.3.